The molecule has 0 aliphatic heterocycles. The number of hydrogen-bond acceptors (Lipinski definition) is 3. The van der Waals surface area contributed by atoms with Gasteiger partial charge in [-0.3, -0.25) is 0 Å². The Labute approximate surface area is 134 Å². The van der Waals surface area contributed by atoms with Gasteiger partial charge in [0.1, 0.15) is 11.8 Å². The van der Waals surface area contributed by atoms with Crippen molar-refractivity contribution in [1.82, 2.24) is 0 Å². The lowest BCUT2D eigenvalue weighted by atomic mass is 10.0. The van der Waals surface area contributed by atoms with Crippen molar-refractivity contribution in [3.05, 3.63) is 53.6 Å². The first-order valence-corrected chi connectivity index (χ1v) is 7.72. The molecule has 1 aliphatic carbocycles. The molecule has 116 valence electrons. The molecule has 0 unspecified atom stereocenters. The molecule has 0 bridgehead atoms. The zero-order valence-corrected chi connectivity index (χ0v) is 12.7. The molecule has 0 amide bonds. The standard InChI is InChI=1S/C19H17NO3/c20-12-15-4-3-7-17(18(15)23-16-5-1-2-6-16)13-8-10-14(11-9-13)19(21)22/h3-4,7-11,16H,1-2,5-6H2,(H,21,22). The second-order valence-corrected chi connectivity index (χ2v) is 5.70. The second-order valence-electron chi connectivity index (χ2n) is 5.70. The number of hydrogen-bond donors (Lipinski definition) is 1. The number of benzene rings is 2. The third-order valence-corrected chi connectivity index (χ3v) is 4.17. The van der Waals surface area contributed by atoms with Crippen molar-refractivity contribution in [2.45, 2.75) is 31.8 Å². The topological polar surface area (TPSA) is 70.3 Å². The zero-order valence-electron chi connectivity index (χ0n) is 12.7. The number of carboxylic acids is 1. The summed E-state index contributed by atoms with van der Waals surface area (Å²) in [5.41, 5.74) is 2.42. The van der Waals surface area contributed by atoms with E-state index in [4.69, 9.17) is 9.84 Å². The third kappa shape index (κ3) is 3.19. The van der Waals surface area contributed by atoms with E-state index >= 15 is 0 Å². The molecule has 1 aliphatic rings. The summed E-state index contributed by atoms with van der Waals surface area (Å²) in [6.07, 6.45) is 4.49. The highest BCUT2D eigenvalue weighted by atomic mass is 16.5. The summed E-state index contributed by atoms with van der Waals surface area (Å²) < 4.78 is 6.12. The molecule has 0 atom stereocenters. The van der Waals surface area contributed by atoms with Crippen molar-refractivity contribution in [3.8, 4) is 22.9 Å². The van der Waals surface area contributed by atoms with Gasteiger partial charge in [0.05, 0.1) is 17.2 Å². The number of nitrogens with zero attached hydrogens (tertiary/aromatic N) is 1. The molecule has 1 N–H and O–H groups in total. The van der Waals surface area contributed by atoms with Gasteiger partial charge in [-0.25, -0.2) is 4.79 Å². The first-order valence-electron chi connectivity index (χ1n) is 7.72. The number of rotatable bonds is 4. The average Bonchev–Trinajstić information content (AvgIpc) is 3.08. The molecule has 0 heterocycles. The first kappa shape index (κ1) is 15.1. The van der Waals surface area contributed by atoms with Gasteiger partial charge in [-0.05, 0) is 49.4 Å². The largest absolute Gasteiger partial charge is 0.488 e. The smallest absolute Gasteiger partial charge is 0.335 e. The Kier molecular flexibility index (Phi) is 4.29. The third-order valence-electron chi connectivity index (χ3n) is 4.17. The van der Waals surface area contributed by atoms with Crippen LogP contribution in [0.25, 0.3) is 11.1 Å². The average molecular weight is 307 g/mol. The fourth-order valence-electron chi connectivity index (χ4n) is 2.94. The summed E-state index contributed by atoms with van der Waals surface area (Å²) in [5.74, 6) is -0.352. The molecule has 4 heteroatoms. The van der Waals surface area contributed by atoms with Crippen molar-refractivity contribution < 1.29 is 14.6 Å². The summed E-state index contributed by atoms with van der Waals surface area (Å²) in [5, 5.41) is 18.4. The quantitative estimate of drug-likeness (QED) is 0.917. The molecule has 1 fully saturated rings. The molecule has 4 nitrogen and oxygen atoms in total. The van der Waals surface area contributed by atoms with Crippen LogP contribution in [0.5, 0.6) is 5.75 Å². The normalized spacial score (nSPS) is 14.4. The van der Waals surface area contributed by atoms with E-state index < -0.39 is 5.97 Å². The van der Waals surface area contributed by atoms with E-state index in [9.17, 15) is 10.1 Å². The number of carbonyl (C=O) groups is 1. The van der Waals surface area contributed by atoms with Crippen molar-refractivity contribution in [2.75, 3.05) is 0 Å². The monoisotopic (exact) mass is 307 g/mol. The summed E-state index contributed by atoms with van der Waals surface area (Å²) in [7, 11) is 0. The van der Waals surface area contributed by atoms with Gasteiger partial charge < -0.3 is 9.84 Å². The molecular formula is C19H17NO3. The van der Waals surface area contributed by atoms with E-state index in [-0.39, 0.29) is 11.7 Å². The van der Waals surface area contributed by atoms with Crippen LogP contribution in [0.2, 0.25) is 0 Å². The minimum Gasteiger partial charge on any atom is -0.488 e. The Morgan fingerprint density at radius 3 is 2.43 bits per heavy atom. The van der Waals surface area contributed by atoms with Gasteiger partial charge in [0.2, 0.25) is 0 Å². The maximum atomic E-state index is 11.0. The zero-order chi connectivity index (χ0) is 16.2. The molecule has 0 saturated heterocycles. The van der Waals surface area contributed by atoms with Crippen LogP contribution in [0.3, 0.4) is 0 Å². The number of ether oxygens (including phenoxy) is 1. The fraction of sp³-hybridized carbons (Fsp3) is 0.263. The molecule has 0 radical (unpaired) electrons. The van der Waals surface area contributed by atoms with E-state index in [0.717, 1.165) is 36.8 Å². The van der Waals surface area contributed by atoms with Gasteiger partial charge in [0.25, 0.3) is 0 Å². The molecule has 3 rings (SSSR count). The predicted molar refractivity (Wildman–Crippen MR) is 86.4 cm³/mol. The van der Waals surface area contributed by atoms with Crippen molar-refractivity contribution in [1.29, 1.82) is 5.26 Å². The van der Waals surface area contributed by atoms with Crippen molar-refractivity contribution in [2.24, 2.45) is 0 Å². The van der Waals surface area contributed by atoms with E-state index in [1.54, 1.807) is 30.3 Å². The van der Waals surface area contributed by atoms with Gasteiger partial charge in [-0.1, -0.05) is 24.3 Å². The maximum Gasteiger partial charge on any atom is 0.335 e. The first-order chi connectivity index (χ1) is 11.2. The van der Waals surface area contributed by atoms with E-state index in [2.05, 4.69) is 6.07 Å². The van der Waals surface area contributed by atoms with Crippen LogP contribution in [0, 0.1) is 11.3 Å². The molecule has 1 saturated carbocycles. The minimum absolute atomic E-state index is 0.154. The lowest BCUT2D eigenvalue weighted by Crippen LogP contribution is -2.12. The lowest BCUT2D eigenvalue weighted by Gasteiger charge is -2.18. The molecule has 23 heavy (non-hydrogen) atoms. The van der Waals surface area contributed by atoms with Gasteiger partial charge in [-0.2, -0.15) is 5.26 Å². The predicted octanol–water partition coefficient (Wildman–Crippen LogP) is 4.24. The SMILES string of the molecule is N#Cc1cccc(-c2ccc(C(=O)O)cc2)c1OC1CCCC1. The highest BCUT2D eigenvalue weighted by molar-refractivity contribution is 5.88. The van der Waals surface area contributed by atoms with Crippen LogP contribution >= 0.6 is 0 Å². The van der Waals surface area contributed by atoms with E-state index in [0.29, 0.717) is 11.3 Å². The molecule has 2 aromatic rings. The number of nitriles is 1. The van der Waals surface area contributed by atoms with Crippen molar-refractivity contribution >= 4 is 5.97 Å². The Morgan fingerprint density at radius 2 is 1.83 bits per heavy atom. The number of aromatic carboxylic acids is 1. The lowest BCUT2D eigenvalue weighted by molar-refractivity contribution is 0.0697. The van der Waals surface area contributed by atoms with Crippen LogP contribution < -0.4 is 4.74 Å². The Hall–Kier alpha value is -2.80. The van der Waals surface area contributed by atoms with Crippen LogP contribution in [-0.4, -0.2) is 17.2 Å². The fourth-order valence-corrected chi connectivity index (χ4v) is 2.94. The van der Waals surface area contributed by atoms with Gasteiger partial charge in [0.15, 0.2) is 0 Å². The summed E-state index contributed by atoms with van der Waals surface area (Å²) in [4.78, 5) is 11.0. The van der Waals surface area contributed by atoms with Gasteiger partial charge in [-0.15, -0.1) is 0 Å². The van der Waals surface area contributed by atoms with Crippen LogP contribution in [0.15, 0.2) is 42.5 Å². The van der Waals surface area contributed by atoms with Crippen molar-refractivity contribution in [3.63, 3.8) is 0 Å². The van der Waals surface area contributed by atoms with E-state index in [1.165, 1.54) is 0 Å². The highest BCUT2D eigenvalue weighted by Crippen LogP contribution is 2.36. The molecule has 2 aromatic carbocycles. The minimum atomic E-state index is -0.954. The summed E-state index contributed by atoms with van der Waals surface area (Å²) >= 11 is 0. The van der Waals surface area contributed by atoms with E-state index in [1.807, 2.05) is 12.1 Å². The Morgan fingerprint density at radius 1 is 1.13 bits per heavy atom. The van der Waals surface area contributed by atoms with Gasteiger partial charge >= 0.3 is 5.97 Å². The highest BCUT2D eigenvalue weighted by Gasteiger charge is 2.20. The van der Waals surface area contributed by atoms with Crippen LogP contribution in [0.4, 0.5) is 0 Å². The Bertz CT molecular complexity index is 753. The summed E-state index contributed by atoms with van der Waals surface area (Å²) in [6.45, 7) is 0. The number of carboxylic acid groups (broad SMARTS) is 1. The molecule has 0 aromatic heterocycles. The summed E-state index contributed by atoms with van der Waals surface area (Å²) in [6, 6.07) is 14.3. The van der Waals surface area contributed by atoms with Crippen LogP contribution in [-0.2, 0) is 0 Å². The van der Waals surface area contributed by atoms with Crippen LogP contribution in [0.1, 0.15) is 41.6 Å². The Balaban J connectivity index is 2.00. The molecule has 0 spiro atoms. The van der Waals surface area contributed by atoms with Gasteiger partial charge in [0, 0.05) is 5.56 Å². The maximum absolute atomic E-state index is 11.0. The molecular weight excluding hydrogens is 290 g/mol. The number of para-hydroxylation sites is 1. The second kappa shape index (κ2) is 6.53.